The Bertz CT molecular complexity index is 467. The van der Waals surface area contributed by atoms with E-state index < -0.39 is 0 Å². The number of hydrogen-bond acceptors (Lipinski definition) is 0. The van der Waals surface area contributed by atoms with Crippen LogP contribution in [0.15, 0.2) is 30.5 Å². The Hall–Kier alpha value is -1.24. The van der Waals surface area contributed by atoms with Crippen LogP contribution in [0, 0.1) is 12.8 Å². The molecular weight excluding hydrogens is 194 g/mol. The molecule has 1 nitrogen and oxygen atoms in total. The third-order valence-electron chi connectivity index (χ3n) is 3.22. The van der Waals surface area contributed by atoms with Crippen molar-refractivity contribution in [2.75, 3.05) is 0 Å². The molecule has 1 heteroatoms. The quantitative estimate of drug-likeness (QED) is 0.713. The summed E-state index contributed by atoms with van der Waals surface area (Å²) in [6.07, 6.45) is 4.81. The fourth-order valence-electron chi connectivity index (χ4n) is 2.40. The average Bonchev–Trinajstić information content (AvgIpc) is 2.61. The summed E-state index contributed by atoms with van der Waals surface area (Å²) < 4.78 is 2.38. The van der Waals surface area contributed by atoms with Crippen molar-refractivity contribution in [2.24, 2.45) is 5.92 Å². The number of benzene rings is 1. The normalized spacial score (nSPS) is 13.2. The minimum absolute atomic E-state index is 0.766. The van der Waals surface area contributed by atoms with Gasteiger partial charge in [0.2, 0.25) is 0 Å². The van der Waals surface area contributed by atoms with Gasteiger partial charge in [-0.1, -0.05) is 31.9 Å². The van der Waals surface area contributed by atoms with Gasteiger partial charge in [0.15, 0.2) is 0 Å². The maximum absolute atomic E-state index is 2.38. The lowest BCUT2D eigenvalue weighted by molar-refractivity contribution is 0.453. The van der Waals surface area contributed by atoms with E-state index in [1.807, 2.05) is 0 Å². The summed E-state index contributed by atoms with van der Waals surface area (Å²) >= 11 is 0. The summed E-state index contributed by atoms with van der Waals surface area (Å²) in [7, 11) is 0. The molecule has 0 radical (unpaired) electrons. The third kappa shape index (κ3) is 2.29. The highest BCUT2D eigenvalue weighted by atomic mass is 15.0. The van der Waals surface area contributed by atoms with E-state index in [-0.39, 0.29) is 0 Å². The largest absolute Gasteiger partial charge is 0.347 e. The molecule has 1 unspecified atom stereocenters. The number of aryl methyl sites for hydroxylation is 1. The first-order chi connectivity index (χ1) is 7.70. The first-order valence-electron chi connectivity index (χ1n) is 6.26. The highest BCUT2D eigenvalue weighted by molar-refractivity contribution is 5.80. The van der Waals surface area contributed by atoms with Crippen molar-refractivity contribution in [3.05, 3.63) is 36.0 Å². The van der Waals surface area contributed by atoms with Crippen LogP contribution >= 0.6 is 0 Å². The molecule has 0 aliphatic carbocycles. The fraction of sp³-hybridized carbons (Fsp3) is 0.467. The van der Waals surface area contributed by atoms with E-state index in [0.29, 0.717) is 0 Å². The topological polar surface area (TPSA) is 4.93 Å². The second-order valence-electron chi connectivity index (χ2n) is 4.92. The Morgan fingerprint density at radius 1 is 1.25 bits per heavy atom. The van der Waals surface area contributed by atoms with Crippen LogP contribution in [0.3, 0.4) is 0 Å². The van der Waals surface area contributed by atoms with Crippen LogP contribution in [0.2, 0.25) is 0 Å². The molecule has 0 fully saturated rings. The van der Waals surface area contributed by atoms with Gasteiger partial charge >= 0.3 is 0 Å². The van der Waals surface area contributed by atoms with Crippen molar-refractivity contribution >= 4 is 10.9 Å². The standard InChI is InChI=1S/C15H21N/c1-4-5-13(3)11-16-9-8-14-10-12(2)6-7-15(14)16/h6-10,13H,4-5,11H2,1-3H3. The van der Waals surface area contributed by atoms with E-state index in [1.165, 1.54) is 29.3 Å². The Morgan fingerprint density at radius 2 is 2.06 bits per heavy atom. The van der Waals surface area contributed by atoms with E-state index in [1.54, 1.807) is 0 Å². The Kier molecular flexibility index (Phi) is 3.33. The zero-order chi connectivity index (χ0) is 11.5. The summed E-state index contributed by atoms with van der Waals surface area (Å²) in [5.74, 6) is 0.766. The Balaban J connectivity index is 2.25. The van der Waals surface area contributed by atoms with Crippen molar-refractivity contribution in [1.82, 2.24) is 4.57 Å². The molecule has 1 aromatic heterocycles. The highest BCUT2D eigenvalue weighted by Crippen LogP contribution is 2.19. The average molecular weight is 215 g/mol. The lowest BCUT2D eigenvalue weighted by atomic mass is 10.1. The van der Waals surface area contributed by atoms with Crippen LogP contribution < -0.4 is 0 Å². The number of rotatable bonds is 4. The van der Waals surface area contributed by atoms with Gasteiger partial charge in [0.1, 0.15) is 0 Å². The molecule has 0 aliphatic heterocycles. The second-order valence-corrected chi connectivity index (χ2v) is 4.92. The van der Waals surface area contributed by atoms with E-state index in [4.69, 9.17) is 0 Å². The predicted octanol–water partition coefficient (Wildman–Crippen LogP) is 4.39. The minimum atomic E-state index is 0.766. The van der Waals surface area contributed by atoms with Gasteiger partial charge in [-0.25, -0.2) is 0 Å². The molecule has 0 amide bonds. The molecule has 1 atom stereocenters. The third-order valence-corrected chi connectivity index (χ3v) is 3.22. The SMILES string of the molecule is CCCC(C)Cn1ccc2cc(C)ccc21. The maximum atomic E-state index is 2.38. The molecular formula is C15H21N. The Labute approximate surface area is 98.1 Å². The van der Waals surface area contributed by atoms with Crippen LogP contribution in [-0.2, 0) is 6.54 Å². The van der Waals surface area contributed by atoms with Gasteiger partial charge in [-0.05, 0) is 42.8 Å². The van der Waals surface area contributed by atoms with E-state index >= 15 is 0 Å². The molecule has 2 rings (SSSR count). The first-order valence-corrected chi connectivity index (χ1v) is 6.26. The molecule has 86 valence electrons. The van der Waals surface area contributed by atoms with Crippen molar-refractivity contribution in [2.45, 2.75) is 40.2 Å². The second kappa shape index (κ2) is 4.73. The lowest BCUT2D eigenvalue weighted by Crippen LogP contribution is -2.05. The van der Waals surface area contributed by atoms with Gasteiger partial charge in [0, 0.05) is 18.3 Å². The molecule has 1 aromatic carbocycles. The van der Waals surface area contributed by atoms with Gasteiger partial charge in [-0.3, -0.25) is 0 Å². The maximum Gasteiger partial charge on any atom is 0.0480 e. The monoisotopic (exact) mass is 215 g/mol. The molecule has 0 aliphatic rings. The molecule has 0 spiro atoms. The van der Waals surface area contributed by atoms with Gasteiger partial charge in [0.25, 0.3) is 0 Å². The molecule has 2 aromatic rings. The van der Waals surface area contributed by atoms with Gasteiger partial charge < -0.3 is 4.57 Å². The molecule has 0 saturated heterocycles. The van der Waals surface area contributed by atoms with Crippen molar-refractivity contribution in [1.29, 1.82) is 0 Å². The predicted molar refractivity (Wildman–Crippen MR) is 70.7 cm³/mol. The van der Waals surface area contributed by atoms with Crippen molar-refractivity contribution < 1.29 is 0 Å². The minimum Gasteiger partial charge on any atom is -0.347 e. The fourth-order valence-corrected chi connectivity index (χ4v) is 2.40. The van der Waals surface area contributed by atoms with Crippen molar-refractivity contribution in [3.8, 4) is 0 Å². The van der Waals surface area contributed by atoms with Gasteiger partial charge in [-0.15, -0.1) is 0 Å². The number of nitrogens with zero attached hydrogens (tertiary/aromatic N) is 1. The molecule has 16 heavy (non-hydrogen) atoms. The number of fused-ring (bicyclic) bond motifs is 1. The van der Waals surface area contributed by atoms with E-state index in [0.717, 1.165) is 12.5 Å². The summed E-state index contributed by atoms with van der Waals surface area (Å²) in [4.78, 5) is 0. The molecule has 0 bridgehead atoms. The zero-order valence-electron chi connectivity index (χ0n) is 10.5. The first kappa shape index (κ1) is 11.3. The van der Waals surface area contributed by atoms with Crippen LogP contribution in [0.4, 0.5) is 0 Å². The summed E-state index contributed by atoms with van der Waals surface area (Å²) in [6, 6.07) is 8.92. The molecule has 1 heterocycles. The Morgan fingerprint density at radius 3 is 2.81 bits per heavy atom. The van der Waals surface area contributed by atoms with Crippen molar-refractivity contribution in [3.63, 3.8) is 0 Å². The van der Waals surface area contributed by atoms with E-state index in [2.05, 4.69) is 55.8 Å². The van der Waals surface area contributed by atoms with Crippen LogP contribution in [0.25, 0.3) is 10.9 Å². The van der Waals surface area contributed by atoms with Crippen LogP contribution in [0.1, 0.15) is 32.3 Å². The number of aromatic nitrogens is 1. The van der Waals surface area contributed by atoms with Crippen LogP contribution in [0.5, 0.6) is 0 Å². The highest BCUT2D eigenvalue weighted by Gasteiger charge is 2.05. The summed E-state index contributed by atoms with van der Waals surface area (Å²) in [5.41, 5.74) is 2.71. The molecule has 0 N–H and O–H groups in total. The number of hydrogen-bond donors (Lipinski definition) is 0. The van der Waals surface area contributed by atoms with Gasteiger partial charge in [0.05, 0.1) is 0 Å². The van der Waals surface area contributed by atoms with Crippen LogP contribution in [-0.4, -0.2) is 4.57 Å². The lowest BCUT2D eigenvalue weighted by Gasteiger charge is -2.12. The van der Waals surface area contributed by atoms with Gasteiger partial charge in [-0.2, -0.15) is 0 Å². The summed E-state index contributed by atoms with van der Waals surface area (Å²) in [5, 5.41) is 1.36. The smallest absolute Gasteiger partial charge is 0.0480 e. The zero-order valence-corrected chi connectivity index (χ0v) is 10.5. The molecule has 0 saturated carbocycles. The summed E-state index contributed by atoms with van der Waals surface area (Å²) in [6.45, 7) is 7.88. The van der Waals surface area contributed by atoms with E-state index in [9.17, 15) is 0 Å².